The molecule has 1 N–H and O–H groups in total. The quantitative estimate of drug-likeness (QED) is 0.909. The molecule has 0 atom stereocenters. The average molecular weight is 268 g/mol. The first-order chi connectivity index (χ1) is 7.25. The van der Waals surface area contributed by atoms with Crippen molar-refractivity contribution in [3.63, 3.8) is 0 Å². The molecule has 0 spiro atoms. The summed E-state index contributed by atoms with van der Waals surface area (Å²) in [6.07, 6.45) is 6.03. The van der Waals surface area contributed by atoms with E-state index < -0.39 is 0 Å². The van der Waals surface area contributed by atoms with E-state index in [4.69, 9.17) is 0 Å². The van der Waals surface area contributed by atoms with Crippen molar-refractivity contribution in [1.82, 2.24) is 9.97 Å². The van der Waals surface area contributed by atoms with E-state index >= 15 is 0 Å². The van der Waals surface area contributed by atoms with Crippen LogP contribution < -0.4 is 5.32 Å². The number of nitrogens with one attached hydrogen (secondary N) is 1. The molecule has 2 heterocycles. The van der Waals surface area contributed by atoms with Crippen LogP contribution in [0.15, 0.2) is 41.4 Å². The summed E-state index contributed by atoms with van der Waals surface area (Å²) in [4.78, 5) is 7.67. The van der Waals surface area contributed by atoms with E-state index in [1.54, 1.807) is 24.7 Å². The molecule has 76 valence electrons. The van der Waals surface area contributed by atoms with Gasteiger partial charge in [0.1, 0.15) is 5.82 Å². The molecule has 0 radical (unpaired) electrons. The maximum Gasteiger partial charge on any atom is 0.143 e. The van der Waals surface area contributed by atoms with Crippen molar-refractivity contribution in [2.24, 2.45) is 0 Å². The van der Waals surface area contributed by atoms with Crippen LogP contribution in [-0.2, 0) is 0 Å². The van der Waals surface area contributed by atoms with Gasteiger partial charge in [-0.2, -0.15) is 0 Å². The first kappa shape index (κ1) is 10.0. The lowest BCUT2D eigenvalue weighted by Crippen LogP contribution is -1.93. The lowest BCUT2D eigenvalue weighted by atomic mass is 10.3. The number of hydrogen-bond acceptors (Lipinski definition) is 3. The molecule has 5 heteroatoms. The van der Waals surface area contributed by atoms with E-state index in [1.807, 2.05) is 0 Å². The summed E-state index contributed by atoms with van der Waals surface area (Å²) < 4.78 is 13.7. The Morgan fingerprint density at radius 1 is 1.20 bits per heavy atom. The van der Waals surface area contributed by atoms with Crippen LogP contribution in [0.3, 0.4) is 0 Å². The first-order valence-corrected chi connectivity index (χ1v) is 5.02. The van der Waals surface area contributed by atoms with E-state index in [0.717, 1.165) is 16.4 Å². The maximum atomic E-state index is 12.8. The minimum Gasteiger partial charge on any atom is -0.353 e. The standard InChI is InChI=1S/C10H7BrFN3/c11-9-6-13-2-1-10(9)15-8-3-7(12)4-14-5-8/h1-6H,(H,13,15). The van der Waals surface area contributed by atoms with Crippen LogP contribution in [-0.4, -0.2) is 9.97 Å². The highest BCUT2D eigenvalue weighted by Gasteiger charge is 2.00. The van der Waals surface area contributed by atoms with E-state index in [2.05, 4.69) is 31.2 Å². The fourth-order valence-electron chi connectivity index (χ4n) is 1.11. The van der Waals surface area contributed by atoms with E-state index in [1.165, 1.54) is 6.07 Å². The third kappa shape index (κ3) is 2.50. The molecule has 0 saturated heterocycles. The fourth-order valence-corrected chi connectivity index (χ4v) is 1.46. The molecule has 2 aromatic rings. The monoisotopic (exact) mass is 267 g/mol. The van der Waals surface area contributed by atoms with Gasteiger partial charge < -0.3 is 5.32 Å². The van der Waals surface area contributed by atoms with Gasteiger partial charge >= 0.3 is 0 Å². The number of hydrogen-bond donors (Lipinski definition) is 1. The van der Waals surface area contributed by atoms with Crippen LogP contribution in [0.2, 0.25) is 0 Å². The molecule has 15 heavy (non-hydrogen) atoms. The summed E-state index contributed by atoms with van der Waals surface area (Å²) in [5.74, 6) is -0.370. The van der Waals surface area contributed by atoms with Crippen LogP contribution >= 0.6 is 15.9 Å². The predicted octanol–water partition coefficient (Wildman–Crippen LogP) is 3.12. The summed E-state index contributed by atoms with van der Waals surface area (Å²) >= 11 is 3.33. The number of nitrogens with zero attached hydrogens (tertiary/aromatic N) is 2. The summed E-state index contributed by atoms with van der Waals surface area (Å²) in [6, 6.07) is 3.16. The normalized spacial score (nSPS) is 10.0. The van der Waals surface area contributed by atoms with Crippen molar-refractivity contribution in [1.29, 1.82) is 0 Å². The Morgan fingerprint density at radius 2 is 2.07 bits per heavy atom. The number of halogens is 2. The third-order valence-corrected chi connectivity index (χ3v) is 2.39. The topological polar surface area (TPSA) is 37.8 Å². The van der Waals surface area contributed by atoms with E-state index in [0.29, 0.717) is 5.69 Å². The largest absolute Gasteiger partial charge is 0.353 e. The van der Waals surface area contributed by atoms with Gasteiger partial charge in [-0.25, -0.2) is 4.39 Å². The second-order valence-electron chi connectivity index (χ2n) is 2.87. The summed E-state index contributed by atoms with van der Waals surface area (Å²) in [5.41, 5.74) is 1.42. The molecule has 0 amide bonds. The minimum atomic E-state index is -0.370. The van der Waals surface area contributed by atoms with Gasteiger partial charge in [0.15, 0.2) is 0 Å². The lowest BCUT2D eigenvalue weighted by molar-refractivity contribution is 0.622. The van der Waals surface area contributed by atoms with Crippen molar-refractivity contribution in [3.8, 4) is 0 Å². The number of pyridine rings is 2. The lowest BCUT2D eigenvalue weighted by Gasteiger charge is -2.06. The smallest absolute Gasteiger partial charge is 0.143 e. The predicted molar refractivity (Wildman–Crippen MR) is 59.4 cm³/mol. The second kappa shape index (κ2) is 4.35. The zero-order valence-electron chi connectivity index (χ0n) is 7.61. The summed E-state index contributed by atoms with van der Waals surface area (Å²) in [7, 11) is 0. The Hall–Kier alpha value is -1.49. The fraction of sp³-hybridized carbons (Fsp3) is 0. The number of rotatable bonds is 2. The zero-order chi connectivity index (χ0) is 10.7. The molecule has 3 nitrogen and oxygen atoms in total. The van der Waals surface area contributed by atoms with Crippen molar-refractivity contribution in [2.45, 2.75) is 0 Å². The van der Waals surface area contributed by atoms with Gasteiger partial charge in [0.05, 0.1) is 28.2 Å². The molecule has 0 saturated carbocycles. The average Bonchev–Trinajstić information content (AvgIpc) is 2.22. The second-order valence-corrected chi connectivity index (χ2v) is 3.73. The Bertz CT molecular complexity index is 476. The molecule has 0 fully saturated rings. The molecule has 0 aliphatic carbocycles. The summed E-state index contributed by atoms with van der Waals surface area (Å²) in [6.45, 7) is 0. The molecular weight excluding hydrogens is 261 g/mol. The summed E-state index contributed by atoms with van der Waals surface area (Å²) in [5, 5.41) is 3.02. The Labute approximate surface area is 94.5 Å². The van der Waals surface area contributed by atoms with Crippen molar-refractivity contribution in [2.75, 3.05) is 5.32 Å². The highest BCUT2D eigenvalue weighted by Crippen LogP contribution is 2.23. The van der Waals surface area contributed by atoms with Crippen LogP contribution in [0.1, 0.15) is 0 Å². The Balaban J connectivity index is 2.26. The number of anilines is 2. The van der Waals surface area contributed by atoms with Gasteiger partial charge in [0.2, 0.25) is 0 Å². The molecule has 0 aromatic carbocycles. The van der Waals surface area contributed by atoms with Gasteiger partial charge in [-0.1, -0.05) is 0 Å². The van der Waals surface area contributed by atoms with Crippen LogP contribution in [0.25, 0.3) is 0 Å². The molecule has 0 bridgehead atoms. The van der Waals surface area contributed by atoms with E-state index in [9.17, 15) is 4.39 Å². The Kier molecular flexibility index (Phi) is 2.91. The molecule has 2 rings (SSSR count). The molecular formula is C10H7BrFN3. The first-order valence-electron chi connectivity index (χ1n) is 4.23. The van der Waals surface area contributed by atoms with Crippen molar-refractivity contribution >= 4 is 27.3 Å². The van der Waals surface area contributed by atoms with Gasteiger partial charge in [-0.3, -0.25) is 9.97 Å². The van der Waals surface area contributed by atoms with Gasteiger partial charge in [-0.05, 0) is 22.0 Å². The van der Waals surface area contributed by atoms with Crippen LogP contribution in [0.4, 0.5) is 15.8 Å². The molecule has 0 unspecified atom stereocenters. The van der Waals surface area contributed by atoms with Crippen LogP contribution in [0, 0.1) is 5.82 Å². The molecule has 2 aromatic heterocycles. The zero-order valence-corrected chi connectivity index (χ0v) is 9.20. The SMILES string of the molecule is Fc1cncc(Nc2ccncc2Br)c1. The van der Waals surface area contributed by atoms with Crippen LogP contribution in [0.5, 0.6) is 0 Å². The minimum absolute atomic E-state index is 0.370. The molecule has 0 aliphatic rings. The highest BCUT2D eigenvalue weighted by atomic mass is 79.9. The number of aromatic nitrogens is 2. The highest BCUT2D eigenvalue weighted by molar-refractivity contribution is 9.10. The van der Waals surface area contributed by atoms with Crippen molar-refractivity contribution < 1.29 is 4.39 Å². The molecule has 0 aliphatic heterocycles. The third-order valence-electron chi connectivity index (χ3n) is 1.76. The van der Waals surface area contributed by atoms with Gasteiger partial charge in [0, 0.05) is 18.5 Å². The van der Waals surface area contributed by atoms with Gasteiger partial charge in [0.25, 0.3) is 0 Å². The maximum absolute atomic E-state index is 12.8. The van der Waals surface area contributed by atoms with Gasteiger partial charge in [-0.15, -0.1) is 0 Å². The van der Waals surface area contributed by atoms with Crippen molar-refractivity contribution in [3.05, 3.63) is 47.2 Å². The van der Waals surface area contributed by atoms with E-state index in [-0.39, 0.29) is 5.82 Å². The Morgan fingerprint density at radius 3 is 2.80 bits per heavy atom.